The van der Waals surface area contributed by atoms with Crippen molar-refractivity contribution in [3.63, 3.8) is 0 Å². The summed E-state index contributed by atoms with van der Waals surface area (Å²) in [5, 5.41) is 6.12. The van der Waals surface area contributed by atoms with Crippen molar-refractivity contribution in [3.8, 4) is 0 Å². The molecule has 0 aliphatic heterocycles. The second-order valence-corrected chi connectivity index (χ2v) is 7.05. The number of hydrogen-bond donors (Lipinski definition) is 3. The van der Waals surface area contributed by atoms with Crippen molar-refractivity contribution in [1.29, 1.82) is 0 Å². The van der Waals surface area contributed by atoms with Gasteiger partial charge in [0.05, 0.1) is 17.2 Å². The first-order chi connectivity index (χ1) is 13.8. The van der Waals surface area contributed by atoms with Gasteiger partial charge >= 0.3 is 0 Å². The molecule has 3 N–H and O–H groups in total. The van der Waals surface area contributed by atoms with Crippen LogP contribution in [0.2, 0.25) is 0 Å². The topological polar surface area (TPSA) is 107 Å². The van der Waals surface area contributed by atoms with E-state index in [1.165, 1.54) is 6.33 Å². The minimum Gasteiger partial charge on any atom is -0.326 e. The van der Waals surface area contributed by atoms with Gasteiger partial charge in [-0.3, -0.25) is 14.4 Å². The van der Waals surface area contributed by atoms with Gasteiger partial charge in [0, 0.05) is 29.9 Å². The van der Waals surface area contributed by atoms with E-state index in [0.717, 1.165) is 5.56 Å². The highest BCUT2D eigenvalue weighted by molar-refractivity contribution is 6.06. The molecule has 150 valence electrons. The predicted octanol–water partition coefficient (Wildman–Crippen LogP) is 2.37. The number of benzene rings is 2. The summed E-state index contributed by atoms with van der Waals surface area (Å²) in [5.74, 6) is -0.418. The third-order valence-electron chi connectivity index (χ3n) is 4.46. The number of rotatable bonds is 6. The average molecular weight is 393 g/mol. The molecule has 0 spiro atoms. The standard InChI is InChI=1S/C21H23N5O3/c1-13-4-6-15(11-17(13)25-19(27)8-9-26(2)3)24-20(28)14-5-7-16-18(10-14)22-12-23-21(16)29/h4-7,10-12H,8-9H2,1-3H3,(H,24,28)(H,25,27)(H,22,23,29). The highest BCUT2D eigenvalue weighted by Crippen LogP contribution is 2.21. The van der Waals surface area contributed by atoms with Crippen LogP contribution in [0.3, 0.4) is 0 Å². The Bertz CT molecular complexity index is 1120. The van der Waals surface area contributed by atoms with E-state index in [4.69, 9.17) is 0 Å². The van der Waals surface area contributed by atoms with Crippen molar-refractivity contribution in [2.45, 2.75) is 13.3 Å². The molecule has 0 saturated carbocycles. The lowest BCUT2D eigenvalue weighted by atomic mass is 10.1. The van der Waals surface area contributed by atoms with Crippen molar-refractivity contribution in [2.75, 3.05) is 31.3 Å². The molecule has 0 bridgehead atoms. The molecule has 1 aromatic heterocycles. The van der Waals surface area contributed by atoms with E-state index in [1.54, 1.807) is 30.3 Å². The Morgan fingerprint density at radius 3 is 2.66 bits per heavy atom. The van der Waals surface area contributed by atoms with Crippen molar-refractivity contribution >= 4 is 34.1 Å². The predicted molar refractivity (Wildman–Crippen MR) is 113 cm³/mol. The Labute approximate surface area is 168 Å². The molecular formula is C21H23N5O3. The zero-order chi connectivity index (χ0) is 21.0. The summed E-state index contributed by atoms with van der Waals surface area (Å²) in [5.41, 5.74) is 2.68. The number of hydrogen-bond acceptors (Lipinski definition) is 5. The highest BCUT2D eigenvalue weighted by atomic mass is 16.2. The number of aromatic nitrogens is 2. The second-order valence-electron chi connectivity index (χ2n) is 7.05. The molecule has 0 aliphatic rings. The normalized spacial score (nSPS) is 10.9. The van der Waals surface area contributed by atoms with Crippen molar-refractivity contribution in [2.24, 2.45) is 0 Å². The number of anilines is 2. The Balaban J connectivity index is 1.75. The van der Waals surface area contributed by atoms with Gasteiger partial charge in [-0.25, -0.2) is 4.98 Å². The van der Waals surface area contributed by atoms with Crippen LogP contribution in [0.5, 0.6) is 0 Å². The maximum absolute atomic E-state index is 12.6. The second kappa shape index (κ2) is 8.66. The quantitative estimate of drug-likeness (QED) is 0.596. The Kier molecular flexibility index (Phi) is 6.04. The largest absolute Gasteiger partial charge is 0.326 e. The third kappa shape index (κ3) is 5.05. The first kappa shape index (κ1) is 20.2. The molecule has 0 aliphatic carbocycles. The van der Waals surface area contributed by atoms with E-state index >= 15 is 0 Å². The number of carbonyl (C=O) groups is 2. The lowest BCUT2D eigenvalue weighted by Gasteiger charge is -2.13. The summed E-state index contributed by atoms with van der Waals surface area (Å²) in [6, 6.07) is 10.0. The maximum atomic E-state index is 12.6. The van der Waals surface area contributed by atoms with Crippen LogP contribution < -0.4 is 16.2 Å². The number of aromatic amines is 1. The number of amides is 2. The summed E-state index contributed by atoms with van der Waals surface area (Å²) in [4.78, 5) is 45.0. The zero-order valence-corrected chi connectivity index (χ0v) is 16.6. The van der Waals surface area contributed by atoms with E-state index in [-0.39, 0.29) is 17.4 Å². The summed E-state index contributed by atoms with van der Waals surface area (Å²) < 4.78 is 0. The molecule has 8 heteroatoms. The molecular weight excluding hydrogens is 370 g/mol. The molecule has 0 saturated heterocycles. The fraction of sp³-hybridized carbons (Fsp3) is 0.238. The van der Waals surface area contributed by atoms with Gasteiger partial charge in [0.2, 0.25) is 5.91 Å². The molecule has 1 heterocycles. The summed E-state index contributed by atoms with van der Waals surface area (Å²) in [7, 11) is 3.82. The molecule has 0 fully saturated rings. The number of H-pyrrole nitrogens is 1. The lowest BCUT2D eigenvalue weighted by Crippen LogP contribution is -2.21. The first-order valence-electron chi connectivity index (χ1n) is 9.17. The van der Waals surface area contributed by atoms with Gasteiger partial charge in [0.25, 0.3) is 11.5 Å². The van der Waals surface area contributed by atoms with Crippen LogP contribution in [0, 0.1) is 6.92 Å². The minimum atomic E-state index is -0.331. The molecule has 2 amide bonds. The van der Waals surface area contributed by atoms with Gasteiger partial charge in [-0.2, -0.15) is 0 Å². The van der Waals surface area contributed by atoms with Gasteiger partial charge in [0.1, 0.15) is 0 Å². The number of carbonyl (C=O) groups excluding carboxylic acids is 2. The monoisotopic (exact) mass is 393 g/mol. The molecule has 0 atom stereocenters. The van der Waals surface area contributed by atoms with E-state index in [1.807, 2.05) is 32.0 Å². The Hall–Kier alpha value is -3.52. The first-order valence-corrected chi connectivity index (χ1v) is 9.17. The lowest BCUT2D eigenvalue weighted by molar-refractivity contribution is -0.116. The van der Waals surface area contributed by atoms with E-state index in [9.17, 15) is 14.4 Å². The van der Waals surface area contributed by atoms with Gasteiger partial charge in [0.15, 0.2) is 0 Å². The highest BCUT2D eigenvalue weighted by Gasteiger charge is 2.11. The van der Waals surface area contributed by atoms with Crippen LogP contribution in [0.4, 0.5) is 11.4 Å². The zero-order valence-electron chi connectivity index (χ0n) is 16.6. The fourth-order valence-corrected chi connectivity index (χ4v) is 2.79. The van der Waals surface area contributed by atoms with Crippen LogP contribution in [-0.2, 0) is 4.79 Å². The number of fused-ring (bicyclic) bond motifs is 1. The van der Waals surface area contributed by atoms with E-state index in [2.05, 4.69) is 20.6 Å². The smallest absolute Gasteiger partial charge is 0.258 e. The van der Waals surface area contributed by atoms with Crippen LogP contribution in [0.15, 0.2) is 47.5 Å². The molecule has 0 radical (unpaired) electrons. The van der Waals surface area contributed by atoms with Gasteiger partial charge in [-0.05, 0) is 56.9 Å². The van der Waals surface area contributed by atoms with Crippen LogP contribution in [-0.4, -0.2) is 47.3 Å². The summed E-state index contributed by atoms with van der Waals surface area (Å²) in [6.45, 7) is 2.54. The third-order valence-corrected chi connectivity index (χ3v) is 4.46. The minimum absolute atomic E-state index is 0.0869. The van der Waals surface area contributed by atoms with E-state index < -0.39 is 0 Å². The fourth-order valence-electron chi connectivity index (χ4n) is 2.79. The van der Waals surface area contributed by atoms with Crippen molar-refractivity contribution < 1.29 is 9.59 Å². The van der Waals surface area contributed by atoms with Crippen molar-refractivity contribution in [3.05, 3.63) is 64.2 Å². The summed E-state index contributed by atoms with van der Waals surface area (Å²) >= 11 is 0. The van der Waals surface area contributed by atoms with Crippen molar-refractivity contribution in [1.82, 2.24) is 14.9 Å². The number of aryl methyl sites for hydroxylation is 1. The van der Waals surface area contributed by atoms with Gasteiger partial charge in [-0.1, -0.05) is 6.07 Å². The number of nitrogens with one attached hydrogen (secondary N) is 3. The molecule has 2 aromatic carbocycles. The van der Waals surface area contributed by atoms with Crippen LogP contribution in [0.25, 0.3) is 10.9 Å². The maximum Gasteiger partial charge on any atom is 0.258 e. The van der Waals surface area contributed by atoms with Gasteiger partial charge < -0.3 is 20.5 Å². The van der Waals surface area contributed by atoms with Crippen LogP contribution >= 0.6 is 0 Å². The SMILES string of the molecule is Cc1ccc(NC(=O)c2ccc3c(=O)[nH]cnc3c2)cc1NC(=O)CCN(C)C. The average Bonchev–Trinajstić information content (AvgIpc) is 2.69. The molecule has 3 aromatic rings. The number of nitrogens with zero attached hydrogens (tertiary/aromatic N) is 2. The Morgan fingerprint density at radius 2 is 1.90 bits per heavy atom. The Morgan fingerprint density at radius 1 is 1.10 bits per heavy atom. The molecule has 3 rings (SSSR count). The molecule has 8 nitrogen and oxygen atoms in total. The van der Waals surface area contributed by atoms with E-state index in [0.29, 0.717) is 40.8 Å². The molecule has 0 unspecified atom stereocenters. The van der Waals surface area contributed by atoms with Gasteiger partial charge in [-0.15, -0.1) is 0 Å². The summed E-state index contributed by atoms with van der Waals surface area (Å²) in [6.07, 6.45) is 1.68. The molecule has 29 heavy (non-hydrogen) atoms. The van der Waals surface area contributed by atoms with Crippen LogP contribution in [0.1, 0.15) is 22.3 Å².